The summed E-state index contributed by atoms with van der Waals surface area (Å²) in [6.07, 6.45) is 5.05. The number of nitrogens with one attached hydrogen (secondary N) is 1. The minimum absolute atomic E-state index is 0.0145. The van der Waals surface area contributed by atoms with Gasteiger partial charge in [0.15, 0.2) is 5.82 Å². The van der Waals surface area contributed by atoms with Crippen LogP contribution in [0.5, 0.6) is 5.88 Å². The average molecular weight is 273 g/mol. The number of nitrogens with two attached hydrogens (primary N) is 1. The van der Waals surface area contributed by atoms with Gasteiger partial charge in [-0.2, -0.15) is 4.98 Å². The van der Waals surface area contributed by atoms with E-state index < -0.39 is 0 Å². The molecular formula is C14H19N5O. The van der Waals surface area contributed by atoms with E-state index >= 15 is 0 Å². The van der Waals surface area contributed by atoms with Crippen molar-refractivity contribution >= 4 is 11.5 Å². The van der Waals surface area contributed by atoms with E-state index in [1.165, 1.54) is 11.9 Å². The monoisotopic (exact) mass is 273 g/mol. The van der Waals surface area contributed by atoms with E-state index in [4.69, 9.17) is 10.5 Å². The lowest BCUT2D eigenvalue weighted by Crippen LogP contribution is -2.12. The van der Waals surface area contributed by atoms with Crippen molar-refractivity contribution in [1.82, 2.24) is 15.0 Å². The van der Waals surface area contributed by atoms with E-state index in [9.17, 15) is 0 Å². The van der Waals surface area contributed by atoms with Gasteiger partial charge in [-0.3, -0.25) is 4.98 Å². The number of nitrogens with zero attached hydrogens (tertiary/aromatic N) is 3. The maximum atomic E-state index is 6.01. The molecule has 2 rings (SSSR count). The molecule has 6 heteroatoms. The van der Waals surface area contributed by atoms with Crippen LogP contribution in [0.2, 0.25) is 0 Å². The van der Waals surface area contributed by atoms with Crippen LogP contribution in [0.3, 0.4) is 0 Å². The molecule has 0 aromatic carbocycles. The third-order valence-corrected chi connectivity index (χ3v) is 2.79. The summed E-state index contributed by atoms with van der Waals surface area (Å²) >= 11 is 0. The molecule has 2 heterocycles. The molecule has 0 aliphatic heterocycles. The lowest BCUT2D eigenvalue weighted by atomic mass is 10.1. The van der Waals surface area contributed by atoms with Gasteiger partial charge in [0.2, 0.25) is 5.88 Å². The van der Waals surface area contributed by atoms with Crippen LogP contribution in [-0.2, 0) is 6.54 Å². The molecule has 0 atom stereocenters. The zero-order valence-electron chi connectivity index (χ0n) is 11.9. The van der Waals surface area contributed by atoms with Gasteiger partial charge in [0, 0.05) is 18.9 Å². The summed E-state index contributed by atoms with van der Waals surface area (Å²) in [6, 6.07) is 1.97. The lowest BCUT2D eigenvalue weighted by Gasteiger charge is -2.14. The van der Waals surface area contributed by atoms with Gasteiger partial charge in [-0.1, -0.05) is 0 Å². The summed E-state index contributed by atoms with van der Waals surface area (Å²) < 4.78 is 5.53. The Morgan fingerprint density at radius 2 is 2.15 bits per heavy atom. The number of aromatic nitrogens is 3. The first-order chi connectivity index (χ1) is 9.58. The summed E-state index contributed by atoms with van der Waals surface area (Å²) in [6.45, 7) is 6.48. The van der Waals surface area contributed by atoms with Crippen molar-refractivity contribution < 1.29 is 4.74 Å². The third kappa shape index (κ3) is 3.34. The van der Waals surface area contributed by atoms with Gasteiger partial charge in [0.25, 0.3) is 0 Å². The van der Waals surface area contributed by atoms with Crippen LogP contribution in [0.1, 0.15) is 25.0 Å². The Balaban J connectivity index is 2.12. The van der Waals surface area contributed by atoms with Gasteiger partial charge in [0.1, 0.15) is 12.0 Å². The van der Waals surface area contributed by atoms with Gasteiger partial charge < -0.3 is 15.8 Å². The van der Waals surface area contributed by atoms with Crippen LogP contribution in [0.25, 0.3) is 0 Å². The molecule has 3 N–H and O–H groups in total. The summed E-state index contributed by atoms with van der Waals surface area (Å²) in [4.78, 5) is 12.3. The van der Waals surface area contributed by atoms with Crippen LogP contribution in [0, 0.1) is 6.92 Å². The Kier molecular flexibility index (Phi) is 4.34. The molecule has 0 aliphatic carbocycles. The lowest BCUT2D eigenvalue weighted by molar-refractivity contribution is 0.234. The minimum atomic E-state index is 0.0145. The van der Waals surface area contributed by atoms with Crippen molar-refractivity contribution in [3.63, 3.8) is 0 Å². The fourth-order valence-electron chi connectivity index (χ4n) is 1.70. The summed E-state index contributed by atoms with van der Waals surface area (Å²) in [7, 11) is 0. The van der Waals surface area contributed by atoms with Crippen molar-refractivity contribution in [1.29, 1.82) is 0 Å². The van der Waals surface area contributed by atoms with Crippen molar-refractivity contribution in [3.8, 4) is 5.88 Å². The van der Waals surface area contributed by atoms with E-state index in [0.29, 0.717) is 23.9 Å². The number of rotatable bonds is 5. The number of pyridine rings is 1. The highest BCUT2D eigenvalue weighted by Crippen LogP contribution is 2.25. The van der Waals surface area contributed by atoms with Crippen LogP contribution >= 0.6 is 0 Å². The number of aryl methyl sites for hydroxylation is 1. The molecular weight excluding hydrogens is 254 g/mol. The molecule has 6 nitrogen and oxygen atoms in total. The SMILES string of the molecule is Cc1ccncc1CNc1ncnc(OC(C)C)c1N. The molecule has 2 aromatic rings. The highest BCUT2D eigenvalue weighted by Gasteiger charge is 2.10. The molecule has 0 spiro atoms. The fraction of sp³-hybridized carbons (Fsp3) is 0.357. The van der Waals surface area contributed by atoms with Crippen molar-refractivity contribution in [3.05, 3.63) is 35.9 Å². The standard InChI is InChI=1S/C14H19N5O/c1-9(2)20-14-12(15)13(18-8-19-14)17-7-11-6-16-5-4-10(11)3/h4-6,8-9H,7,15H2,1-3H3,(H,17,18,19). The second kappa shape index (κ2) is 6.18. The Morgan fingerprint density at radius 3 is 2.85 bits per heavy atom. The van der Waals surface area contributed by atoms with Gasteiger partial charge in [0.05, 0.1) is 6.10 Å². The van der Waals surface area contributed by atoms with E-state index in [1.54, 1.807) is 6.20 Å². The summed E-state index contributed by atoms with van der Waals surface area (Å²) in [5, 5.41) is 3.19. The van der Waals surface area contributed by atoms with E-state index in [-0.39, 0.29) is 6.10 Å². The van der Waals surface area contributed by atoms with E-state index in [2.05, 4.69) is 20.3 Å². The van der Waals surface area contributed by atoms with Gasteiger partial charge >= 0.3 is 0 Å². The zero-order valence-corrected chi connectivity index (χ0v) is 11.9. The minimum Gasteiger partial charge on any atom is -0.473 e. The highest BCUT2D eigenvalue weighted by atomic mass is 16.5. The quantitative estimate of drug-likeness (QED) is 0.868. The average Bonchev–Trinajstić information content (AvgIpc) is 2.41. The number of nitrogen functional groups attached to an aromatic ring is 1. The van der Waals surface area contributed by atoms with Crippen LogP contribution in [0.15, 0.2) is 24.8 Å². The highest BCUT2D eigenvalue weighted by molar-refractivity contribution is 5.66. The maximum absolute atomic E-state index is 6.01. The Hall–Kier alpha value is -2.37. The Labute approximate surface area is 118 Å². The second-order valence-corrected chi connectivity index (χ2v) is 4.76. The van der Waals surface area contributed by atoms with Crippen molar-refractivity contribution in [2.24, 2.45) is 0 Å². The third-order valence-electron chi connectivity index (χ3n) is 2.79. The first-order valence-corrected chi connectivity index (χ1v) is 6.48. The molecule has 0 bridgehead atoms. The van der Waals surface area contributed by atoms with Gasteiger partial charge in [-0.15, -0.1) is 0 Å². The Bertz CT molecular complexity index is 586. The van der Waals surface area contributed by atoms with Crippen molar-refractivity contribution in [2.45, 2.75) is 33.4 Å². The van der Waals surface area contributed by atoms with Gasteiger partial charge in [-0.25, -0.2) is 4.98 Å². The molecule has 0 saturated carbocycles. The smallest absolute Gasteiger partial charge is 0.242 e. The largest absolute Gasteiger partial charge is 0.473 e. The van der Waals surface area contributed by atoms with Gasteiger partial charge in [-0.05, 0) is 38.0 Å². The van der Waals surface area contributed by atoms with Crippen molar-refractivity contribution in [2.75, 3.05) is 11.1 Å². The van der Waals surface area contributed by atoms with Crippen LogP contribution in [-0.4, -0.2) is 21.1 Å². The van der Waals surface area contributed by atoms with E-state index in [1.807, 2.05) is 33.0 Å². The first-order valence-electron chi connectivity index (χ1n) is 6.48. The molecule has 2 aromatic heterocycles. The maximum Gasteiger partial charge on any atom is 0.242 e. The van der Waals surface area contributed by atoms with Crippen LogP contribution < -0.4 is 15.8 Å². The predicted octanol–water partition coefficient (Wildman–Crippen LogP) is 2.16. The molecule has 20 heavy (non-hydrogen) atoms. The second-order valence-electron chi connectivity index (χ2n) is 4.76. The summed E-state index contributed by atoms with van der Waals surface area (Å²) in [5.41, 5.74) is 8.68. The predicted molar refractivity (Wildman–Crippen MR) is 78.5 cm³/mol. The molecule has 0 aliphatic rings. The normalized spacial score (nSPS) is 10.6. The molecule has 0 radical (unpaired) electrons. The number of anilines is 2. The molecule has 106 valence electrons. The molecule has 0 fully saturated rings. The number of ether oxygens (including phenoxy) is 1. The zero-order chi connectivity index (χ0) is 14.5. The first kappa shape index (κ1) is 14.0. The Morgan fingerprint density at radius 1 is 1.35 bits per heavy atom. The molecule has 0 amide bonds. The topological polar surface area (TPSA) is 86.0 Å². The number of hydrogen-bond donors (Lipinski definition) is 2. The molecule has 0 unspecified atom stereocenters. The fourth-order valence-corrected chi connectivity index (χ4v) is 1.70. The number of hydrogen-bond acceptors (Lipinski definition) is 6. The van der Waals surface area contributed by atoms with Crippen LogP contribution in [0.4, 0.5) is 11.5 Å². The molecule has 0 saturated heterocycles. The van der Waals surface area contributed by atoms with E-state index in [0.717, 1.165) is 5.56 Å². The summed E-state index contributed by atoms with van der Waals surface area (Å²) in [5.74, 6) is 0.972.